The SMILES string of the molecule is C=CCCC(=O)N(C)[C@H](C)[C@H](OC(=O)[C@@H]1[C@H]2C(=O)N(CCCCCCO)[C@H](C(=O)N(CC=C)c3ccc4ccccc4c3)[C@]23CC[C@H]1O3)c1ccccc1. The number of rotatable bonds is 18. The number of carbonyl (C=O) groups is 4. The van der Waals surface area contributed by atoms with Crippen LogP contribution in [-0.4, -0.2) is 89.1 Å². The summed E-state index contributed by atoms with van der Waals surface area (Å²) >= 11 is 0. The van der Waals surface area contributed by atoms with E-state index in [9.17, 15) is 19.5 Å². The Balaban J connectivity index is 1.33. The molecule has 0 radical (unpaired) electrons. The molecule has 10 heteroatoms. The van der Waals surface area contributed by atoms with Crippen molar-refractivity contribution >= 4 is 40.2 Å². The summed E-state index contributed by atoms with van der Waals surface area (Å²) in [5.41, 5.74) is 0.199. The first-order valence-corrected chi connectivity index (χ1v) is 19.3. The molecule has 6 rings (SSSR count). The predicted octanol–water partition coefficient (Wildman–Crippen LogP) is 6.38. The van der Waals surface area contributed by atoms with E-state index < -0.39 is 47.7 Å². The Morgan fingerprint density at radius 1 is 1.00 bits per heavy atom. The minimum absolute atomic E-state index is 0.0948. The molecule has 3 amide bonds. The Morgan fingerprint density at radius 3 is 2.44 bits per heavy atom. The molecule has 2 bridgehead atoms. The Labute approximate surface area is 318 Å². The van der Waals surface area contributed by atoms with Gasteiger partial charge in [-0.05, 0) is 67.5 Å². The summed E-state index contributed by atoms with van der Waals surface area (Å²) in [6, 6.07) is 21.6. The second-order valence-electron chi connectivity index (χ2n) is 14.8. The quantitative estimate of drug-likeness (QED) is 0.0916. The Morgan fingerprint density at radius 2 is 1.72 bits per heavy atom. The van der Waals surface area contributed by atoms with E-state index >= 15 is 4.79 Å². The van der Waals surface area contributed by atoms with E-state index in [-0.39, 0.29) is 37.3 Å². The summed E-state index contributed by atoms with van der Waals surface area (Å²) in [7, 11) is 1.70. The van der Waals surface area contributed by atoms with Crippen LogP contribution in [0.25, 0.3) is 10.8 Å². The van der Waals surface area contributed by atoms with E-state index in [1.54, 1.807) is 33.9 Å². The molecular formula is C44H53N3O7. The van der Waals surface area contributed by atoms with E-state index in [0.29, 0.717) is 44.3 Å². The number of ether oxygens (including phenoxy) is 2. The summed E-state index contributed by atoms with van der Waals surface area (Å²) in [4.78, 5) is 62.3. The van der Waals surface area contributed by atoms with Crippen LogP contribution in [0.5, 0.6) is 0 Å². The summed E-state index contributed by atoms with van der Waals surface area (Å²) in [5.74, 6) is -3.05. The van der Waals surface area contributed by atoms with Gasteiger partial charge in [0.15, 0.2) is 0 Å². The number of carbonyl (C=O) groups excluding carboxylic acids is 4. The number of nitrogens with zero attached hydrogens (tertiary/aromatic N) is 3. The van der Waals surface area contributed by atoms with Gasteiger partial charge in [0.2, 0.25) is 11.8 Å². The molecule has 1 N–H and O–H groups in total. The maximum absolute atomic E-state index is 15.0. The molecule has 3 aliphatic heterocycles. The zero-order valence-electron chi connectivity index (χ0n) is 31.5. The highest BCUT2D eigenvalue weighted by Crippen LogP contribution is 2.59. The monoisotopic (exact) mass is 735 g/mol. The van der Waals surface area contributed by atoms with Crippen LogP contribution in [-0.2, 0) is 28.7 Å². The highest BCUT2D eigenvalue weighted by molar-refractivity contribution is 6.05. The molecular weight excluding hydrogens is 682 g/mol. The summed E-state index contributed by atoms with van der Waals surface area (Å²) in [6.07, 6.45) is 6.59. The van der Waals surface area contributed by atoms with Crippen LogP contribution < -0.4 is 4.90 Å². The minimum atomic E-state index is -1.21. The minimum Gasteiger partial charge on any atom is -0.455 e. The van der Waals surface area contributed by atoms with Gasteiger partial charge in [0, 0.05) is 38.9 Å². The van der Waals surface area contributed by atoms with Crippen LogP contribution in [0.1, 0.15) is 70.0 Å². The summed E-state index contributed by atoms with van der Waals surface area (Å²) in [5, 5.41) is 11.4. The van der Waals surface area contributed by atoms with Gasteiger partial charge in [0.1, 0.15) is 17.7 Å². The molecule has 7 atom stereocenters. The van der Waals surface area contributed by atoms with Gasteiger partial charge in [0.25, 0.3) is 5.91 Å². The summed E-state index contributed by atoms with van der Waals surface area (Å²) in [6.45, 7) is 10.2. The van der Waals surface area contributed by atoms with Crippen molar-refractivity contribution < 1.29 is 33.8 Å². The van der Waals surface area contributed by atoms with Crippen LogP contribution >= 0.6 is 0 Å². The average Bonchev–Trinajstić information content (AvgIpc) is 3.84. The molecule has 0 aliphatic carbocycles. The number of amides is 3. The fraction of sp³-hybridized carbons (Fsp3) is 0.455. The molecule has 10 nitrogen and oxygen atoms in total. The number of anilines is 1. The standard InChI is InChI=1S/C44H53N3O7/c1-5-7-21-36(49)45(4)30(3)39(32-18-11-10-12-19-32)53-43(52)37-35-24-25-44(54-35)38(37)41(50)47(27-15-8-9-16-28-48)40(44)42(51)46(26-6-2)34-23-22-31-17-13-14-20-33(31)29-34/h5-6,10-14,17-20,22-23,29-30,35,37-40,48H,1-2,7-9,15-16,21,24-28H2,3-4H3/t30-,35-,37+,38+,39+,40-,44+/m1/s1. The molecule has 3 saturated heterocycles. The highest BCUT2D eigenvalue weighted by atomic mass is 16.6. The third kappa shape index (κ3) is 7.46. The number of unbranched alkanes of at least 4 members (excludes halogenated alkanes) is 3. The van der Waals surface area contributed by atoms with Gasteiger partial charge in [-0.25, -0.2) is 0 Å². The molecule has 0 saturated carbocycles. The number of aliphatic hydroxyl groups is 1. The maximum Gasteiger partial charge on any atom is 0.313 e. The van der Waals surface area contributed by atoms with E-state index in [4.69, 9.17) is 9.47 Å². The third-order valence-corrected chi connectivity index (χ3v) is 11.6. The molecule has 0 aromatic heterocycles. The van der Waals surface area contributed by atoms with Crippen molar-refractivity contribution in [2.75, 3.05) is 31.6 Å². The van der Waals surface area contributed by atoms with Crippen molar-refractivity contribution in [1.29, 1.82) is 0 Å². The van der Waals surface area contributed by atoms with Gasteiger partial charge in [-0.15, -0.1) is 13.2 Å². The highest BCUT2D eigenvalue weighted by Gasteiger charge is 2.75. The molecule has 286 valence electrons. The number of allylic oxidation sites excluding steroid dienone is 1. The Bertz CT molecular complexity index is 1850. The fourth-order valence-corrected chi connectivity index (χ4v) is 8.76. The van der Waals surface area contributed by atoms with Crippen LogP contribution in [0.15, 0.2) is 98.1 Å². The maximum atomic E-state index is 15.0. The van der Waals surface area contributed by atoms with E-state index in [2.05, 4.69) is 13.2 Å². The first-order chi connectivity index (χ1) is 26.2. The topological polar surface area (TPSA) is 117 Å². The molecule has 3 fully saturated rings. The normalized spacial score (nSPS) is 23.8. The van der Waals surface area contributed by atoms with Crippen molar-refractivity contribution in [3.63, 3.8) is 0 Å². The van der Waals surface area contributed by atoms with E-state index in [1.807, 2.05) is 79.7 Å². The van der Waals surface area contributed by atoms with Crippen molar-refractivity contribution in [2.45, 2.75) is 88.2 Å². The zero-order chi connectivity index (χ0) is 38.4. The zero-order valence-corrected chi connectivity index (χ0v) is 31.5. The fourth-order valence-electron chi connectivity index (χ4n) is 8.76. The van der Waals surface area contributed by atoms with Gasteiger partial charge in [-0.1, -0.05) is 85.7 Å². The van der Waals surface area contributed by atoms with Gasteiger partial charge in [-0.2, -0.15) is 0 Å². The number of hydrogen-bond donors (Lipinski definition) is 1. The van der Waals surface area contributed by atoms with Crippen LogP contribution in [0.2, 0.25) is 0 Å². The first-order valence-electron chi connectivity index (χ1n) is 19.3. The summed E-state index contributed by atoms with van der Waals surface area (Å²) < 4.78 is 13.1. The molecule has 3 aliphatic rings. The average molecular weight is 736 g/mol. The number of esters is 1. The largest absolute Gasteiger partial charge is 0.455 e. The van der Waals surface area contributed by atoms with Gasteiger partial charge in [0.05, 0.1) is 24.0 Å². The number of likely N-dealkylation sites (N-methyl/N-ethyl adjacent to an activating group) is 1. The molecule has 3 aromatic carbocycles. The van der Waals surface area contributed by atoms with Crippen molar-refractivity contribution in [3.05, 3.63) is 104 Å². The van der Waals surface area contributed by atoms with Crippen LogP contribution in [0, 0.1) is 11.8 Å². The molecule has 0 unspecified atom stereocenters. The van der Waals surface area contributed by atoms with Crippen LogP contribution in [0.3, 0.4) is 0 Å². The number of fused-ring (bicyclic) bond motifs is 2. The van der Waals surface area contributed by atoms with Gasteiger partial charge < -0.3 is 29.3 Å². The van der Waals surface area contributed by atoms with Gasteiger partial charge in [-0.3, -0.25) is 19.2 Å². The number of benzene rings is 3. The third-order valence-electron chi connectivity index (χ3n) is 11.6. The van der Waals surface area contributed by atoms with Crippen LogP contribution in [0.4, 0.5) is 5.69 Å². The number of aliphatic hydroxyl groups excluding tert-OH is 1. The lowest BCUT2D eigenvalue weighted by Crippen LogP contribution is -2.56. The first kappa shape index (κ1) is 38.9. The van der Waals surface area contributed by atoms with E-state index in [0.717, 1.165) is 29.2 Å². The molecule has 3 heterocycles. The second-order valence-corrected chi connectivity index (χ2v) is 14.8. The number of likely N-dealkylation sites (tertiary alicyclic amines) is 1. The lowest BCUT2D eigenvalue weighted by atomic mass is 9.70. The predicted molar refractivity (Wildman–Crippen MR) is 208 cm³/mol. The van der Waals surface area contributed by atoms with Gasteiger partial charge >= 0.3 is 5.97 Å². The smallest absolute Gasteiger partial charge is 0.313 e. The van der Waals surface area contributed by atoms with Crippen molar-refractivity contribution in [1.82, 2.24) is 9.80 Å². The molecule has 3 aromatic rings. The van der Waals surface area contributed by atoms with E-state index in [1.165, 1.54) is 0 Å². The lowest BCUT2D eigenvalue weighted by Gasteiger charge is -2.37. The molecule has 1 spiro atoms. The molecule has 54 heavy (non-hydrogen) atoms. The van der Waals surface area contributed by atoms with Crippen molar-refractivity contribution in [3.8, 4) is 0 Å². The van der Waals surface area contributed by atoms with Crippen molar-refractivity contribution in [2.24, 2.45) is 11.8 Å². The Hall–Kier alpha value is -4.80. The number of hydrogen-bond acceptors (Lipinski definition) is 7. The Kier molecular flexibility index (Phi) is 12.3. The lowest BCUT2D eigenvalue weighted by molar-refractivity contribution is -0.164. The second kappa shape index (κ2) is 17.1.